The summed E-state index contributed by atoms with van der Waals surface area (Å²) in [6, 6.07) is 0. The Hall–Kier alpha value is -1.19. The van der Waals surface area contributed by atoms with Crippen LogP contribution in [0, 0.1) is 0 Å². The highest BCUT2D eigenvalue weighted by molar-refractivity contribution is 7.86. The Balaban J connectivity index is 2.66. The van der Waals surface area contributed by atoms with Gasteiger partial charge in [-0.1, -0.05) is 0 Å². The third-order valence-electron chi connectivity index (χ3n) is 2.63. The molecule has 1 heterocycles. The average molecular weight is 279 g/mol. The molecule has 0 aromatic heterocycles. The zero-order valence-electron chi connectivity index (χ0n) is 10.1. The second-order valence-corrected chi connectivity index (χ2v) is 6.01. The second-order valence-electron chi connectivity index (χ2n) is 3.97. The minimum Gasteiger partial charge on any atom is -0.481 e. The van der Waals surface area contributed by atoms with Gasteiger partial charge in [-0.3, -0.25) is 9.59 Å². The lowest BCUT2D eigenvalue weighted by Gasteiger charge is -2.25. The fourth-order valence-corrected chi connectivity index (χ4v) is 2.90. The van der Waals surface area contributed by atoms with Crippen molar-refractivity contribution in [3.8, 4) is 0 Å². The normalized spacial score (nSPS) is 18.4. The number of carboxylic acids is 1. The maximum Gasteiger partial charge on any atom is 0.304 e. The Bertz CT molecular complexity index is 422. The van der Waals surface area contributed by atoms with E-state index in [1.54, 1.807) is 0 Å². The number of hydrogen-bond donors (Lipinski definition) is 2. The topological polar surface area (TPSA) is 107 Å². The maximum absolute atomic E-state index is 12.1. The zero-order chi connectivity index (χ0) is 13.8. The highest BCUT2D eigenvalue weighted by Crippen LogP contribution is 2.09. The molecule has 0 aromatic rings. The summed E-state index contributed by atoms with van der Waals surface area (Å²) in [5.74, 6) is -1.23. The molecule has 0 radical (unpaired) electrons. The first-order chi connectivity index (χ1) is 8.34. The smallest absolute Gasteiger partial charge is 0.304 e. The monoisotopic (exact) mass is 279 g/mol. The second kappa shape index (κ2) is 6.12. The number of carboxylic acid groups (broad SMARTS) is 1. The summed E-state index contributed by atoms with van der Waals surface area (Å²) >= 11 is 0. The molecule has 1 fully saturated rings. The van der Waals surface area contributed by atoms with Crippen molar-refractivity contribution in [3.05, 3.63) is 0 Å². The van der Waals surface area contributed by atoms with E-state index in [1.165, 1.54) is 11.4 Å². The zero-order valence-corrected chi connectivity index (χ0v) is 10.9. The molecule has 104 valence electrons. The van der Waals surface area contributed by atoms with E-state index in [4.69, 9.17) is 5.11 Å². The molecule has 1 rings (SSSR count). The third kappa shape index (κ3) is 3.93. The summed E-state index contributed by atoms with van der Waals surface area (Å²) < 4.78 is 26.3. The number of aliphatic carboxylic acids is 1. The van der Waals surface area contributed by atoms with Crippen LogP contribution < -0.4 is 5.32 Å². The first-order valence-corrected chi connectivity index (χ1v) is 6.93. The van der Waals surface area contributed by atoms with E-state index in [0.29, 0.717) is 0 Å². The van der Waals surface area contributed by atoms with Crippen LogP contribution in [0.25, 0.3) is 0 Å². The predicted molar refractivity (Wildman–Crippen MR) is 63.0 cm³/mol. The van der Waals surface area contributed by atoms with Crippen LogP contribution in [0.4, 0.5) is 0 Å². The predicted octanol–water partition coefficient (Wildman–Crippen LogP) is -1.54. The van der Waals surface area contributed by atoms with Crippen LogP contribution in [0.2, 0.25) is 0 Å². The van der Waals surface area contributed by atoms with Crippen LogP contribution in [-0.4, -0.2) is 67.2 Å². The van der Waals surface area contributed by atoms with Crippen molar-refractivity contribution in [3.63, 3.8) is 0 Å². The van der Waals surface area contributed by atoms with Crippen molar-refractivity contribution in [1.82, 2.24) is 13.9 Å². The summed E-state index contributed by atoms with van der Waals surface area (Å²) in [4.78, 5) is 21.5. The SMILES string of the molecule is CN(CCC(=O)O)S(=O)(=O)N1CCNC(=O)CC1. The van der Waals surface area contributed by atoms with Gasteiger partial charge in [-0.2, -0.15) is 17.0 Å². The molecule has 1 amide bonds. The van der Waals surface area contributed by atoms with E-state index in [2.05, 4.69) is 5.32 Å². The number of carbonyl (C=O) groups is 2. The van der Waals surface area contributed by atoms with Gasteiger partial charge in [0.05, 0.1) is 6.42 Å². The van der Waals surface area contributed by atoms with Gasteiger partial charge in [0.1, 0.15) is 0 Å². The van der Waals surface area contributed by atoms with E-state index in [-0.39, 0.29) is 44.9 Å². The number of nitrogens with zero attached hydrogens (tertiary/aromatic N) is 2. The van der Waals surface area contributed by atoms with Crippen molar-refractivity contribution in [2.75, 3.05) is 33.2 Å². The standard InChI is InChI=1S/C9H17N3O5S/c1-11(5-3-9(14)15)18(16,17)12-6-2-8(13)10-4-7-12/h2-7H2,1H3,(H,10,13)(H,14,15). The lowest BCUT2D eigenvalue weighted by atomic mass is 10.4. The van der Waals surface area contributed by atoms with Crippen molar-refractivity contribution in [2.24, 2.45) is 0 Å². The Kier molecular flexibility index (Phi) is 5.05. The Labute approximate surface area is 106 Å². The molecule has 1 saturated heterocycles. The van der Waals surface area contributed by atoms with E-state index in [9.17, 15) is 18.0 Å². The number of hydrogen-bond acceptors (Lipinski definition) is 4. The van der Waals surface area contributed by atoms with Crippen LogP contribution in [0.3, 0.4) is 0 Å². The van der Waals surface area contributed by atoms with Gasteiger partial charge in [0.2, 0.25) is 5.91 Å². The molecule has 0 unspecified atom stereocenters. The first-order valence-electron chi connectivity index (χ1n) is 5.54. The fraction of sp³-hybridized carbons (Fsp3) is 0.778. The number of nitrogens with one attached hydrogen (secondary N) is 1. The molecule has 0 atom stereocenters. The average Bonchev–Trinajstić information content (AvgIpc) is 2.50. The Morgan fingerprint density at radius 1 is 1.50 bits per heavy atom. The molecular weight excluding hydrogens is 262 g/mol. The van der Waals surface area contributed by atoms with Gasteiger partial charge in [0, 0.05) is 39.6 Å². The van der Waals surface area contributed by atoms with Crippen LogP contribution in [0.1, 0.15) is 12.8 Å². The quantitative estimate of drug-likeness (QED) is 0.634. The molecule has 0 aliphatic carbocycles. The van der Waals surface area contributed by atoms with Crippen LogP contribution in [0.5, 0.6) is 0 Å². The van der Waals surface area contributed by atoms with Crippen LogP contribution >= 0.6 is 0 Å². The summed E-state index contributed by atoms with van der Waals surface area (Å²) in [6.07, 6.45) is -0.132. The van der Waals surface area contributed by atoms with E-state index in [0.717, 1.165) is 4.31 Å². The minimum absolute atomic E-state index is 0.0878. The van der Waals surface area contributed by atoms with E-state index in [1.807, 2.05) is 0 Å². The van der Waals surface area contributed by atoms with Crippen molar-refractivity contribution < 1.29 is 23.1 Å². The number of rotatable bonds is 5. The summed E-state index contributed by atoms with van der Waals surface area (Å²) in [7, 11) is -2.36. The number of amides is 1. The van der Waals surface area contributed by atoms with E-state index < -0.39 is 16.2 Å². The lowest BCUT2D eigenvalue weighted by Crippen LogP contribution is -2.44. The summed E-state index contributed by atoms with van der Waals surface area (Å²) in [5.41, 5.74) is 0. The molecule has 0 aromatic carbocycles. The largest absolute Gasteiger partial charge is 0.481 e. The van der Waals surface area contributed by atoms with Gasteiger partial charge >= 0.3 is 5.97 Å². The molecule has 8 nitrogen and oxygen atoms in total. The maximum atomic E-state index is 12.1. The summed E-state index contributed by atoms with van der Waals surface area (Å²) in [5, 5.41) is 11.1. The van der Waals surface area contributed by atoms with Crippen molar-refractivity contribution in [2.45, 2.75) is 12.8 Å². The van der Waals surface area contributed by atoms with Crippen molar-refractivity contribution >= 4 is 22.1 Å². The van der Waals surface area contributed by atoms with Gasteiger partial charge in [-0.25, -0.2) is 0 Å². The van der Waals surface area contributed by atoms with Gasteiger partial charge in [-0.05, 0) is 0 Å². The molecule has 9 heteroatoms. The van der Waals surface area contributed by atoms with Gasteiger partial charge in [-0.15, -0.1) is 0 Å². The highest BCUT2D eigenvalue weighted by Gasteiger charge is 2.28. The summed E-state index contributed by atoms with van der Waals surface area (Å²) in [6.45, 7) is 0.497. The molecule has 18 heavy (non-hydrogen) atoms. The van der Waals surface area contributed by atoms with Gasteiger partial charge < -0.3 is 10.4 Å². The fourth-order valence-electron chi connectivity index (χ4n) is 1.54. The molecule has 0 spiro atoms. The molecule has 1 aliphatic heterocycles. The molecular formula is C9H17N3O5S. The third-order valence-corrected chi connectivity index (χ3v) is 4.62. The molecule has 2 N–H and O–H groups in total. The Morgan fingerprint density at radius 3 is 2.78 bits per heavy atom. The molecule has 1 aliphatic rings. The van der Waals surface area contributed by atoms with Crippen LogP contribution in [0.15, 0.2) is 0 Å². The highest BCUT2D eigenvalue weighted by atomic mass is 32.2. The van der Waals surface area contributed by atoms with Crippen molar-refractivity contribution in [1.29, 1.82) is 0 Å². The van der Waals surface area contributed by atoms with Crippen LogP contribution in [-0.2, 0) is 19.8 Å². The lowest BCUT2D eigenvalue weighted by molar-refractivity contribution is -0.137. The number of carbonyl (C=O) groups excluding carboxylic acids is 1. The molecule has 0 bridgehead atoms. The Morgan fingerprint density at radius 2 is 2.17 bits per heavy atom. The minimum atomic E-state index is -3.69. The van der Waals surface area contributed by atoms with Gasteiger partial charge in [0.15, 0.2) is 0 Å². The van der Waals surface area contributed by atoms with Gasteiger partial charge in [0.25, 0.3) is 10.2 Å². The first kappa shape index (κ1) is 14.9. The van der Waals surface area contributed by atoms with E-state index >= 15 is 0 Å². The molecule has 0 saturated carbocycles.